The van der Waals surface area contributed by atoms with E-state index >= 15 is 0 Å². The van der Waals surface area contributed by atoms with E-state index in [4.69, 9.17) is 11.6 Å². The highest BCUT2D eigenvalue weighted by Gasteiger charge is 2.24. The first kappa shape index (κ1) is 6.99. The molecule has 9 heavy (non-hydrogen) atoms. The van der Waals surface area contributed by atoms with Crippen LogP contribution in [-0.4, -0.2) is 5.66 Å². The van der Waals surface area contributed by atoms with Crippen LogP contribution in [0, 0.1) is 0 Å². The molecule has 0 radical (unpaired) electrons. The Kier molecular flexibility index (Phi) is 2.05. The van der Waals surface area contributed by atoms with Crippen LogP contribution in [0.3, 0.4) is 0 Å². The second-order valence-corrected chi connectivity index (χ2v) is 2.86. The van der Waals surface area contributed by atoms with Gasteiger partial charge in [-0.15, -0.1) is 0 Å². The van der Waals surface area contributed by atoms with Gasteiger partial charge in [-0.2, -0.15) is 0 Å². The minimum absolute atomic E-state index is 0.252. The summed E-state index contributed by atoms with van der Waals surface area (Å²) in [6.45, 7) is 0. The first-order valence-corrected chi connectivity index (χ1v) is 3.53. The molecule has 1 fully saturated rings. The zero-order valence-corrected chi connectivity index (χ0v) is 5.69. The Labute approximate surface area is 55.8 Å². The lowest BCUT2D eigenvalue weighted by Crippen LogP contribution is -2.57. The third-order valence-electron chi connectivity index (χ3n) is 2.03. The number of nitrogens with two attached hydrogens (primary N) is 2. The van der Waals surface area contributed by atoms with E-state index in [-0.39, 0.29) is 5.66 Å². The van der Waals surface area contributed by atoms with Crippen molar-refractivity contribution in [2.45, 2.75) is 37.8 Å². The number of hydrazine groups is 1. The molecule has 0 spiro atoms. The average Bonchev–Trinajstić information content (AvgIpc) is 1.90. The molecule has 0 heterocycles. The fourth-order valence-corrected chi connectivity index (χ4v) is 1.33. The van der Waals surface area contributed by atoms with E-state index in [1.807, 2.05) is 0 Å². The Morgan fingerprint density at radius 3 is 2.00 bits per heavy atom. The van der Waals surface area contributed by atoms with Gasteiger partial charge in [-0.3, -0.25) is 5.84 Å². The van der Waals surface area contributed by atoms with Crippen molar-refractivity contribution in [3.8, 4) is 0 Å². The molecule has 3 nitrogen and oxygen atoms in total. The third-order valence-corrected chi connectivity index (χ3v) is 2.03. The molecule has 1 aliphatic rings. The van der Waals surface area contributed by atoms with E-state index in [2.05, 4.69) is 5.43 Å². The van der Waals surface area contributed by atoms with Gasteiger partial charge in [-0.05, 0) is 12.8 Å². The van der Waals surface area contributed by atoms with Gasteiger partial charge in [0.05, 0.1) is 5.66 Å². The van der Waals surface area contributed by atoms with E-state index in [1.165, 1.54) is 19.3 Å². The Morgan fingerprint density at radius 1 is 1.11 bits per heavy atom. The van der Waals surface area contributed by atoms with Gasteiger partial charge < -0.3 is 5.73 Å². The van der Waals surface area contributed by atoms with Crippen LogP contribution in [0.25, 0.3) is 0 Å². The zero-order valence-electron chi connectivity index (χ0n) is 5.69. The van der Waals surface area contributed by atoms with Crippen LogP contribution in [0.15, 0.2) is 0 Å². The van der Waals surface area contributed by atoms with Gasteiger partial charge >= 0.3 is 0 Å². The molecule has 0 atom stereocenters. The minimum Gasteiger partial charge on any atom is -0.312 e. The minimum atomic E-state index is -0.252. The smallest absolute Gasteiger partial charge is 0.0789 e. The molecule has 54 valence electrons. The fraction of sp³-hybridized carbons (Fsp3) is 1.00. The molecule has 0 amide bonds. The summed E-state index contributed by atoms with van der Waals surface area (Å²) < 4.78 is 0. The topological polar surface area (TPSA) is 64.1 Å². The van der Waals surface area contributed by atoms with Crippen LogP contribution in [-0.2, 0) is 0 Å². The molecular weight excluding hydrogens is 114 g/mol. The second-order valence-electron chi connectivity index (χ2n) is 2.86. The number of nitrogens with one attached hydrogen (secondary N) is 1. The van der Waals surface area contributed by atoms with Crippen LogP contribution in [0.4, 0.5) is 0 Å². The normalized spacial score (nSPS) is 26.0. The molecule has 1 rings (SSSR count). The average molecular weight is 129 g/mol. The quantitative estimate of drug-likeness (QED) is 0.267. The van der Waals surface area contributed by atoms with E-state index in [9.17, 15) is 0 Å². The van der Waals surface area contributed by atoms with Crippen LogP contribution < -0.4 is 17.0 Å². The molecule has 0 saturated heterocycles. The molecule has 3 heteroatoms. The highest BCUT2D eigenvalue weighted by atomic mass is 15.3. The standard InChI is InChI=1S/C6H15N3/c7-6(9-8)4-2-1-3-5-6/h9H,1-5,7-8H2. The summed E-state index contributed by atoms with van der Waals surface area (Å²) in [5, 5.41) is 0. The lowest BCUT2D eigenvalue weighted by molar-refractivity contribution is 0.242. The molecule has 1 aliphatic carbocycles. The largest absolute Gasteiger partial charge is 0.312 e. The van der Waals surface area contributed by atoms with E-state index in [0.29, 0.717) is 0 Å². The zero-order chi connectivity index (χ0) is 6.74. The monoisotopic (exact) mass is 129 g/mol. The van der Waals surface area contributed by atoms with Crippen molar-refractivity contribution < 1.29 is 0 Å². The molecule has 1 saturated carbocycles. The molecule has 0 bridgehead atoms. The predicted molar refractivity (Wildman–Crippen MR) is 37.3 cm³/mol. The van der Waals surface area contributed by atoms with Gasteiger partial charge in [0, 0.05) is 0 Å². The van der Waals surface area contributed by atoms with Gasteiger partial charge in [0.25, 0.3) is 0 Å². The Morgan fingerprint density at radius 2 is 1.67 bits per heavy atom. The molecule has 0 aromatic carbocycles. The third kappa shape index (κ3) is 1.64. The van der Waals surface area contributed by atoms with E-state index in [0.717, 1.165) is 12.8 Å². The van der Waals surface area contributed by atoms with Crippen LogP contribution in [0.1, 0.15) is 32.1 Å². The molecular formula is C6H15N3. The van der Waals surface area contributed by atoms with E-state index < -0.39 is 0 Å². The lowest BCUT2D eigenvalue weighted by atomic mass is 9.90. The van der Waals surface area contributed by atoms with Gasteiger partial charge in [0.15, 0.2) is 0 Å². The molecule has 0 aromatic rings. The fourth-order valence-electron chi connectivity index (χ4n) is 1.33. The SMILES string of the molecule is NNC1(N)CCCCC1. The van der Waals surface area contributed by atoms with Gasteiger partial charge in [0.1, 0.15) is 0 Å². The van der Waals surface area contributed by atoms with Crippen LogP contribution >= 0.6 is 0 Å². The Balaban J connectivity index is 2.37. The van der Waals surface area contributed by atoms with Gasteiger partial charge in [-0.1, -0.05) is 19.3 Å². The first-order valence-electron chi connectivity index (χ1n) is 3.53. The van der Waals surface area contributed by atoms with Crippen molar-refractivity contribution in [2.75, 3.05) is 0 Å². The van der Waals surface area contributed by atoms with Crippen molar-refractivity contribution in [1.82, 2.24) is 5.43 Å². The molecule has 5 N–H and O–H groups in total. The molecule has 0 aliphatic heterocycles. The highest BCUT2D eigenvalue weighted by molar-refractivity contribution is 4.81. The summed E-state index contributed by atoms with van der Waals surface area (Å²) in [6, 6.07) is 0. The van der Waals surface area contributed by atoms with Gasteiger partial charge in [-0.25, -0.2) is 5.43 Å². The number of hydrogen-bond acceptors (Lipinski definition) is 3. The van der Waals surface area contributed by atoms with Crippen LogP contribution in [0.5, 0.6) is 0 Å². The Hall–Kier alpha value is -0.120. The molecule has 0 unspecified atom stereocenters. The highest BCUT2D eigenvalue weighted by Crippen LogP contribution is 2.22. The van der Waals surface area contributed by atoms with Crippen molar-refractivity contribution in [3.63, 3.8) is 0 Å². The number of rotatable bonds is 1. The first-order chi connectivity index (χ1) is 4.27. The summed E-state index contributed by atoms with van der Waals surface area (Å²) >= 11 is 0. The summed E-state index contributed by atoms with van der Waals surface area (Å²) in [4.78, 5) is 0. The van der Waals surface area contributed by atoms with Crippen molar-refractivity contribution >= 4 is 0 Å². The maximum Gasteiger partial charge on any atom is 0.0789 e. The summed E-state index contributed by atoms with van der Waals surface area (Å²) in [6.07, 6.45) is 5.76. The van der Waals surface area contributed by atoms with Crippen LogP contribution in [0.2, 0.25) is 0 Å². The molecule has 0 aromatic heterocycles. The summed E-state index contributed by atoms with van der Waals surface area (Å²) in [5.74, 6) is 5.26. The van der Waals surface area contributed by atoms with Crippen molar-refractivity contribution in [1.29, 1.82) is 0 Å². The lowest BCUT2D eigenvalue weighted by Gasteiger charge is -2.32. The predicted octanol–water partition coefficient (Wildman–Crippen LogP) is 0.0688. The summed E-state index contributed by atoms with van der Waals surface area (Å²) in [5.41, 5.74) is 8.23. The van der Waals surface area contributed by atoms with Crippen molar-refractivity contribution in [2.24, 2.45) is 11.6 Å². The van der Waals surface area contributed by atoms with E-state index in [1.54, 1.807) is 0 Å². The van der Waals surface area contributed by atoms with Crippen molar-refractivity contribution in [3.05, 3.63) is 0 Å². The van der Waals surface area contributed by atoms with Gasteiger partial charge in [0.2, 0.25) is 0 Å². The second kappa shape index (κ2) is 2.64. The Bertz CT molecular complexity index is 86.3. The maximum absolute atomic E-state index is 5.82. The number of hydrogen-bond donors (Lipinski definition) is 3. The maximum atomic E-state index is 5.82. The summed E-state index contributed by atoms with van der Waals surface area (Å²) in [7, 11) is 0.